The molecule has 0 heterocycles. The van der Waals surface area contributed by atoms with Crippen LogP contribution in [0.3, 0.4) is 0 Å². The Kier molecular flexibility index (Phi) is 4.03. The Labute approximate surface area is 93.2 Å². The van der Waals surface area contributed by atoms with Gasteiger partial charge in [-0.1, -0.05) is 6.07 Å². The van der Waals surface area contributed by atoms with Crippen molar-refractivity contribution in [3.63, 3.8) is 0 Å². The molecule has 0 aliphatic carbocycles. The lowest BCUT2D eigenvalue weighted by Gasteiger charge is -2.12. The van der Waals surface area contributed by atoms with Crippen LogP contribution in [0.5, 0.6) is 0 Å². The van der Waals surface area contributed by atoms with Gasteiger partial charge in [-0.2, -0.15) is 13.2 Å². The Morgan fingerprint density at radius 1 is 1.18 bits per heavy atom. The van der Waals surface area contributed by atoms with E-state index < -0.39 is 30.0 Å². The van der Waals surface area contributed by atoms with Crippen molar-refractivity contribution >= 4 is 0 Å². The van der Waals surface area contributed by atoms with E-state index >= 15 is 0 Å². The van der Waals surface area contributed by atoms with Crippen molar-refractivity contribution in [3.8, 4) is 0 Å². The van der Waals surface area contributed by atoms with Gasteiger partial charge in [-0.3, -0.25) is 0 Å². The van der Waals surface area contributed by atoms with Crippen LogP contribution >= 0.6 is 0 Å². The lowest BCUT2D eigenvalue weighted by molar-refractivity contribution is -0.140. The summed E-state index contributed by atoms with van der Waals surface area (Å²) in [6.45, 7) is 0. The largest absolute Gasteiger partial charge is 0.419 e. The van der Waals surface area contributed by atoms with Crippen molar-refractivity contribution in [2.24, 2.45) is 5.73 Å². The number of rotatable bonds is 3. The second-order valence-corrected chi connectivity index (χ2v) is 3.51. The topological polar surface area (TPSA) is 26.0 Å². The van der Waals surface area contributed by atoms with Gasteiger partial charge >= 0.3 is 6.18 Å². The molecule has 0 saturated carbocycles. The van der Waals surface area contributed by atoms with E-state index in [4.69, 9.17) is 5.73 Å². The molecule has 0 aliphatic heterocycles. The highest BCUT2D eigenvalue weighted by Gasteiger charge is 2.34. The monoisotopic (exact) mass is 257 g/mol. The van der Waals surface area contributed by atoms with Crippen molar-refractivity contribution in [1.29, 1.82) is 0 Å². The van der Waals surface area contributed by atoms with Crippen molar-refractivity contribution < 1.29 is 26.3 Å². The van der Waals surface area contributed by atoms with Gasteiger partial charge in [-0.05, 0) is 24.1 Å². The zero-order valence-corrected chi connectivity index (χ0v) is 8.44. The molecular formula is C10H9F6N. The number of nitrogens with two attached hydrogens (primary N) is 1. The Morgan fingerprint density at radius 3 is 2.18 bits per heavy atom. The van der Waals surface area contributed by atoms with E-state index in [0.29, 0.717) is 12.1 Å². The first-order valence-electron chi connectivity index (χ1n) is 4.61. The van der Waals surface area contributed by atoms with Gasteiger partial charge in [-0.25, -0.2) is 13.2 Å². The van der Waals surface area contributed by atoms with Gasteiger partial charge in [0.05, 0.1) is 11.6 Å². The van der Waals surface area contributed by atoms with Crippen LogP contribution in [0.4, 0.5) is 26.3 Å². The summed E-state index contributed by atoms with van der Waals surface area (Å²) in [7, 11) is 0. The zero-order valence-electron chi connectivity index (χ0n) is 8.44. The van der Waals surface area contributed by atoms with Gasteiger partial charge in [0, 0.05) is 0 Å². The first-order chi connectivity index (χ1) is 7.71. The lowest BCUT2D eigenvalue weighted by atomic mass is 10.0. The third kappa shape index (κ3) is 3.62. The van der Waals surface area contributed by atoms with E-state index in [1.165, 1.54) is 0 Å². The molecule has 2 N–H and O–H groups in total. The van der Waals surface area contributed by atoms with E-state index in [-0.39, 0.29) is 12.0 Å². The van der Waals surface area contributed by atoms with Crippen LogP contribution in [0.25, 0.3) is 0 Å². The van der Waals surface area contributed by atoms with Gasteiger partial charge in [0.1, 0.15) is 5.82 Å². The average molecular weight is 257 g/mol. The third-order valence-corrected chi connectivity index (χ3v) is 2.13. The molecule has 1 atom stereocenters. The molecule has 0 amide bonds. The summed E-state index contributed by atoms with van der Waals surface area (Å²) < 4.78 is 73.8. The maximum absolute atomic E-state index is 13.0. The molecule has 0 fully saturated rings. The Balaban J connectivity index is 2.90. The highest BCUT2D eigenvalue weighted by molar-refractivity contribution is 5.27. The molecule has 1 aromatic rings. The Hall–Kier alpha value is -1.24. The van der Waals surface area contributed by atoms with Crippen LogP contribution in [0, 0.1) is 5.82 Å². The molecular weight excluding hydrogens is 248 g/mol. The van der Waals surface area contributed by atoms with Crippen LogP contribution in [0.2, 0.25) is 0 Å². The number of hydrogen-bond acceptors (Lipinski definition) is 1. The van der Waals surface area contributed by atoms with Crippen molar-refractivity contribution in [3.05, 3.63) is 35.1 Å². The maximum Gasteiger partial charge on any atom is 0.419 e. The summed E-state index contributed by atoms with van der Waals surface area (Å²) in [6, 6.07) is 0.508. The van der Waals surface area contributed by atoms with E-state index in [1.54, 1.807) is 0 Å². The van der Waals surface area contributed by atoms with Crippen molar-refractivity contribution in [2.45, 2.75) is 25.1 Å². The smallest absolute Gasteiger partial charge is 0.323 e. The standard InChI is InChI=1S/C10H9F6N/c11-7-3-5(4-8(17)9(12)13)1-2-6(7)10(14,15)16/h1-3,8-9H,4,17H2. The number of alkyl halides is 5. The van der Waals surface area contributed by atoms with Gasteiger partial charge in [0.15, 0.2) is 0 Å². The van der Waals surface area contributed by atoms with Crippen LogP contribution in [-0.4, -0.2) is 12.5 Å². The fraction of sp³-hybridized carbons (Fsp3) is 0.400. The van der Waals surface area contributed by atoms with Gasteiger partial charge in [0.2, 0.25) is 0 Å². The number of halogens is 6. The average Bonchev–Trinajstić information content (AvgIpc) is 2.15. The molecule has 0 aromatic heterocycles. The molecule has 96 valence electrons. The maximum atomic E-state index is 13.0. The van der Waals surface area contributed by atoms with Gasteiger partial charge in [0.25, 0.3) is 6.43 Å². The predicted molar refractivity (Wildman–Crippen MR) is 49.1 cm³/mol. The Bertz CT molecular complexity index is 387. The SMILES string of the molecule is NC(Cc1ccc(C(F)(F)F)c(F)c1)C(F)F. The molecule has 0 radical (unpaired) electrons. The minimum Gasteiger partial charge on any atom is -0.323 e. The van der Waals surface area contributed by atoms with E-state index in [1.807, 2.05) is 0 Å². The van der Waals surface area contributed by atoms with Gasteiger partial charge in [-0.15, -0.1) is 0 Å². The molecule has 0 bridgehead atoms. The fourth-order valence-electron chi connectivity index (χ4n) is 1.28. The molecule has 0 aliphatic rings. The molecule has 1 nitrogen and oxygen atoms in total. The Morgan fingerprint density at radius 2 is 1.76 bits per heavy atom. The third-order valence-electron chi connectivity index (χ3n) is 2.13. The summed E-state index contributed by atoms with van der Waals surface area (Å²) in [5.74, 6) is -1.49. The minimum absolute atomic E-state index is 0.00306. The molecule has 0 spiro atoms. The summed E-state index contributed by atoms with van der Waals surface area (Å²) in [6.07, 6.45) is -7.99. The van der Waals surface area contributed by atoms with Crippen molar-refractivity contribution in [2.75, 3.05) is 0 Å². The quantitative estimate of drug-likeness (QED) is 0.828. The minimum atomic E-state index is -4.80. The highest BCUT2D eigenvalue weighted by atomic mass is 19.4. The summed E-state index contributed by atoms with van der Waals surface area (Å²) in [4.78, 5) is 0. The summed E-state index contributed by atoms with van der Waals surface area (Å²) >= 11 is 0. The molecule has 0 saturated heterocycles. The van der Waals surface area contributed by atoms with Crippen LogP contribution in [0.1, 0.15) is 11.1 Å². The molecule has 7 heteroatoms. The second-order valence-electron chi connectivity index (χ2n) is 3.51. The normalized spacial score (nSPS) is 14.1. The van der Waals surface area contributed by atoms with Crippen LogP contribution < -0.4 is 5.73 Å². The molecule has 1 aromatic carbocycles. The second kappa shape index (κ2) is 4.95. The van der Waals surface area contributed by atoms with E-state index in [0.717, 1.165) is 6.07 Å². The fourth-order valence-corrected chi connectivity index (χ4v) is 1.28. The number of hydrogen-bond donors (Lipinski definition) is 1. The number of benzene rings is 1. The summed E-state index contributed by atoms with van der Waals surface area (Å²) in [5.41, 5.74) is 3.61. The zero-order chi connectivity index (χ0) is 13.2. The van der Waals surface area contributed by atoms with Gasteiger partial charge < -0.3 is 5.73 Å². The molecule has 17 heavy (non-hydrogen) atoms. The summed E-state index contributed by atoms with van der Waals surface area (Å²) in [5, 5.41) is 0. The van der Waals surface area contributed by atoms with Crippen molar-refractivity contribution in [1.82, 2.24) is 0 Å². The highest BCUT2D eigenvalue weighted by Crippen LogP contribution is 2.31. The molecule has 1 unspecified atom stereocenters. The lowest BCUT2D eigenvalue weighted by Crippen LogP contribution is -2.31. The first kappa shape index (κ1) is 13.8. The van der Waals surface area contributed by atoms with Crippen LogP contribution in [0.15, 0.2) is 18.2 Å². The first-order valence-corrected chi connectivity index (χ1v) is 4.61. The van der Waals surface area contributed by atoms with E-state index in [9.17, 15) is 26.3 Å². The predicted octanol–water partition coefficient (Wildman–Crippen LogP) is 2.98. The molecule has 1 rings (SSSR count). The van der Waals surface area contributed by atoms with Crippen LogP contribution in [-0.2, 0) is 12.6 Å². The van der Waals surface area contributed by atoms with E-state index in [2.05, 4.69) is 0 Å².